The van der Waals surface area contributed by atoms with Gasteiger partial charge in [0.05, 0.1) is 19.8 Å². The van der Waals surface area contributed by atoms with Gasteiger partial charge in [-0.15, -0.1) is 0 Å². The fraction of sp³-hybridized carbons (Fsp3) is 0.733. The van der Waals surface area contributed by atoms with Crippen LogP contribution in [0.15, 0.2) is 0 Å². The molecule has 1 aromatic heterocycles. The molecule has 7 nitrogen and oxygen atoms in total. The monoisotopic (exact) mass is 306 g/mol. The van der Waals surface area contributed by atoms with Crippen LogP contribution in [0.3, 0.4) is 0 Å². The van der Waals surface area contributed by atoms with Gasteiger partial charge in [-0.1, -0.05) is 0 Å². The van der Waals surface area contributed by atoms with Crippen molar-refractivity contribution in [1.82, 2.24) is 20.0 Å². The van der Waals surface area contributed by atoms with Crippen molar-refractivity contribution in [3.63, 3.8) is 0 Å². The maximum absolute atomic E-state index is 12.7. The first kappa shape index (κ1) is 14.2. The zero-order valence-electron chi connectivity index (χ0n) is 12.7. The highest BCUT2D eigenvalue weighted by atomic mass is 16.5. The van der Waals surface area contributed by atoms with Crippen molar-refractivity contribution in [2.45, 2.75) is 25.4 Å². The SMILES string of the molecule is O=C(c1n[nH]c2c1CN(C1CCOC1)CC2)N1CCOCC1. The number of rotatable bonds is 2. The Morgan fingerprint density at radius 2 is 2.05 bits per heavy atom. The van der Waals surface area contributed by atoms with Crippen LogP contribution in [-0.2, 0) is 22.4 Å². The number of carbonyl (C=O) groups is 1. The lowest BCUT2D eigenvalue weighted by Crippen LogP contribution is -2.42. The lowest BCUT2D eigenvalue weighted by Gasteiger charge is -2.32. The number of aromatic amines is 1. The summed E-state index contributed by atoms with van der Waals surface area (Å²) in [7, 11) is 0. The predicted molar refractivity (Wildman–Crippen MR) is 78.6 cm³/mol. The van der Waals surface area contributed by atoms with E-state index in [1.165, 1.54) is 0 Å². The second-order valence-electron chi connectivity index (χ2n) is 6.17. The van der Waals surface area contributed by atoms with Crippen LogP contribution >= 0.6 is 0 Å². The number of aromatic nitrogens is 2. The molecule has 1 N–H and O–H groups in total. The molecule has 4 heterocycles. The number of H-pyrrole nitrogens is 1. The molecule has 22 heavy (non-hydrogen) atoms. The second-order valence-corrected chi connectivity index (χ2v) is 6.17. The summed E-state index contributed by atoms with van der Waals surface area (Å²) in [4.78, 5) is 17.0. The highest BCUT2D eigenvalue weighted by Crippen LogP contribution is 2.25. The average molecular weight is 306 g/mol. The van der Waals surface area contributed by atoms with Gasteiger partial charge in [0.15, 0.2) is 5.69 Å². The summed E-state index contributed by atoms with van der Waals surface area (Å²) in [5, 5.41) is 7.39. The molecule has 2 saturated heterocycles. The standard InChI is InChI=1S/C15H22N4O3/c20-15(18-4-7-21-8-5-18)14-12-9-19(11-2-6-22-10-11)3-1-13(12)16-17-14/h11H,1-10H2,(H,16,17). The van der Waals surface area contributed by atoms with Crippen LogP contribution in [0.1, 0.15) is 28.2 Å². The minimum Gasteiger partial charge on any atom is -0.380 e. The van der Waals surface area contributed by atoms with Crippen LogP contribution in [0.4, 0.5) is 0 Å². The van der Waals surface area contributed by atoms with Crippen molar-refractivity contribution in [2.75, 3.05) is 46.1 Å². The highest BCUT2D eigenvalue weighted by molar-refractivity contribution is 5.94. The quantitative estimate of drug-likeness (QED) is 0.835. The van der Waals surface area contributed by atoms with E-state index in [1.54, 1.807) is 0 Å². The van der Waals surface area contributed by atoms with Gasteiger partial charge in [0.25, 0.3) is 5.91 Å². The fourth-order valence-corrected chi connectivity index (χ4v) is 3.53. The maximum Gasteiger partial charge on any atom is 0.274 e. The third-order valence-corrected chi connectivity index (χ3v) is 4.89. The molecule has 4 rings (SSSR count). The first-order chi connectivity index (χ1) is 10.8. The van der Waals surface area contributed by atoms with Crippen LogP contribution < -0.4 is 0 Å². The molecule has 1 atom stereocenters. The highest BCUT2D eigenvalue weighted by Gasteiger charge is 2.32. The molecule has 3 aliphatic heterocycles. The molecule has 0 saturated carbocycles. The Kier molecular flexibility index (Phi) is 3.85. The Morgan fingerprint density at radius 1 is 1.18 bits per heavy atom. The molecule has 0 aromatic carbocycles. The molecular formula is C15H22N4O3. The number of morpholine rings is 1. The van der Waals surface area contributed by atoms with Crippen molar-refractivity contribution in [2.24, 2.45) is 0 Å². The van der Waals surface area contributed by atoms with E-state index >= 15 is 0 Å². The average Bonchev–Trinajstić information content (AvgIpc) is 3.24. The number of hydrogen-bond acceptors (Lipinski definition) is 5. The van der Waals surface area contributed by atoms with E-state index in [0.29, 0.717) is 38.0 Å². The Balaban J connectivity index is 1.53. The number of carbonyl (C=O) groups excluding carboxylic acids is 1. The Bertz CT molecular complexity index is 547. The summed E-state index contributed by atoms with van der Waals surface area (Å²) in [6.45, 7) is 5.99. The lowest BCUT2D eigenvalue weighted by atomic mass is 10.0. The first-order valence-corrected chi connectivity index (χ1v) is 8.08. The van der Waals surface area contributed by atoms with Gasteiger partial charge < -0.3 is 14.4 Å². The van der Waals surface area contributed by atoms with Gasteiger partial charge in [0.2, 0.25) is 0 Å². The van der Waals surface area contributed by atoms with Crippen molar-refractivity contribution >= 4 is 5.91 Å². The summed E-state index contributed by atoms with van der Waals surface area (Å²) in [5.74, 6) is 0.0327. The van der Waals surface area contributed by atoms with Crippen LogP contribution in [-0.4, -0.2) is 78.0 Å². The van der Waals surface area contributed by atoms with Gasteiger partial charge in [0.1, 0.15) is 0 Å². The number of amides is 1. The third-order valence-electron chi connectivity index (χ3n) is 4.89. The van der Waals surface area contributed by atoms with Gasteiger partial charge in [0, 0.05) is 56.5 Å². The zero-order chi connectivity index (χ0) is 14.9. The van der Waals surface area contributed by atoms with E-state index in [-0.39, 0.29) is 5.91 Å². The molecule has 1 aromatic rings. The largest absolute Gasteiger partial charge is 0.380 e. The summed E-state index contributed by atoms with van der Waals surface area (Å²) in [5.41, 5.74) is 2.79. The van der Waals surface area contributed by atoms with E-state index < -0.39 is 0 Å². The minimum absolute atomic E-state index is 0.0327. The van der Waals surface area contributed by atoms with Gasteiger partial charge in [-0.05, 0) is 6.42 Å². The van der Waals surface area contributed by atoms with Gasteiger partial charge in [-0.25, -0.2) is 0 Å². The van der Waals surface area contributed by atoms with E-state index in [0.717, 1.165) is 50.4 Å². The van der Waals surface area contributed by atoms with Crippen molar-refractivity contribution in [3.05, 3.63) is 17.0 Å². The van der Waals surface area contributed by atoms with Crippen molar-refractivity contribution in [3.8, 4) is 0 Å². The lowest BCUT2D eigenvalue weighted by molar-refractivity contribution is 0.0297. The summed E-state index contributed by atoms with van der Waals surface area (Å²) in [6, 6.07) is 0.481. The Morgan fingerprint density at radius 3 is 2.82 bits per heavy atom. The molecule has 0 aliphatic carbocycles. The predicted octanol–water partition coefficient (Wildman–Crippen LogP) is 0.0291. The number of hydrogen-bond donors (Lipinski definition) is 1. The fourth-order valence-electron chi connectivity index (χ4n) is 3.53. The number of fused-ring (bicyclic) bond motifs is 1. The second kappa shape index (κ2) is 5.98. The maximum atomic E-state index is 12.7. The van der Waals surface area contributed by atoms with Gasteiger partial charge in [-0.3, -0.25) is 14.8 Å². The smallest absolute Gasteiger partial charge is 0.274 e. The number of ether oxygens (including phenoxy) is 2. The molecule has 0 radical (unpaired) electrons. The summed E-state index contributed by atoms with van der Waals surface area (Å²) < 4.78 is 10.8. The van der Waals surface area contributed by atoms with E-state index in [2.05, 4.69) is 15.1 Å². The van der Waals surface area contributed by atoms with Crippen molar-refractivity contribution < 1.29 is 14.3 Å². The number of nitrogens with zero attached hydrogens (tertiary/aromatic N) is 3. The summed E-state index contributed by atoms with van der Waals surface area (Å²) in [6.07, 6.45) is 2.01. The van der Waals surface area contributed by atoms with Crippen LogP contribution in [0.5, 0.6) is 0 Å². The van der Waals surface area contributed by atoms with Crippen LogP contribution in [0.2, 0.25) is 0 Å². The Hall–Kier alpha value is -1.44. The number of nitrogens with one attached hydrogen (secondary N) is 1. The minimum atomic E-state index is 0.0327. The molecule has 0 spiro atoms. The molecular weight excluding hydrogens is 284 g/mol. The van der Waals surface area contributed by atoms with Gasteiger partial charge >= 0.3 is 0 Å². The molecule has 1 unspecified atom stereocenters. The van der Waals surface area contributed by atoms with Gasteiger partial charge in [-0.2, -0.15) is 5.10 Å². The van der Waals surface area contributed by atoms with E-state index in [4.69, 9.17) is 9.47 Å². The third kappa shape index (κ3) is 2.53. The molecule has 3 aliphatic rings. The molecule has 0 bridgehead atoms. The molecule has 7 heteroatoms. The summed E-state index contributed by atoms with van der Waals surface area (Å²) >= 11 is 0. The first-order valence-electron chi connectivity index (χ1n) is 8.08. The normalized spacial score (nSPS) is 26.2. The molecule has 1 amide bonds. The van der Waals surface area contributed by atoms with Crippen LogP contribution in [0.25, 0.3) is 0 Å². The topological polar surface area (TPSA) is 70.7 Å². The van der Waals surface area contributed by atoms with E-state index in [9.17, 15) is 4.79 Å². The zero-order valence-corrected chi connectivity index (χ0v) is 12.7. The molecule has 2 fully saturated rings. The van der Waals surface area contributed by atoms with Crippen molar-refractivity contribution in [1.29, 1.82) is 0 Å². The van der Waals surface area contributed by atoms with Crippen LogP contribution in [0, 0.1) is 0 Å². The molecule has 120 valence electrons. The van der Waals surface area contributed by atoms with E-state index in [1.807, 2.05) is 4.90 Å². The Labute approximate surface area is 129 Å².